The highest BCUT2D eigenvalue weighted by Gasteiger charge is 2.46. The van der Waals surface area contributed by atoms with Gasteiger partial charge in [-0.2, -0.15) is 0 Å². The highest BCUT2D eigenvalue weighted by atomic mass is 35.5. The zero-order valence-corrected chi connectivity index (χ0v) is 19.4. The number of aliphatic hydroxyl groups excluding tert-OH is 1. The van der Waals surface area contributed by atoms with Crippen LogP contribution in [0.2, 0.25) is 0 Å². The molecule has 8 heteroatoms. The van der Waals surface area contributed by atoms with E-state index in [2.05, 4.69) is 29.2 Å². The summed E-state index contributed by atoms with van der Waals surface area (Å²) in [5.41, 5.74) is 7.30. The number of carbonyl (C=O) groups is 1. The Hall–Kier alpha value is -1.05. The number of carbonyl (C=O) groups excluding carboxylic acids is 1. The number of nitrogens with two attached hydrogens (primary N) is 1. The van der Waals surface area contributed by atoms with E-state index >= 15 is 0 Å². The van der Waals surface area contributed by atoms with Gasteiger partial charge in [0.15, 0.2) is 0 Å². The largest absolute Gasteiger partial charge is 0.497 e. The van der Waals surface area contributed by atoms with Crippen LogP contribution in [0.25, 0.3) is 0 Å². The normalized spacial score (nSPS) is 30.2. The summed E-state index contributed by atoms with van der Waals surface area (Å²) in [5.74, 6) is 1.79. The van der Waals surface area contributed by atoms with E-state index in [4.69, 9.17) is 10.5 Å². The molecule has 3 saturated heterocycles. The van der Waals surface area contributed by atoms with Crippen molar-refractivity contribution in [2.45, 2.75) is 56.8 Å². The second-order valence-electron chi connectivity index (χ2n) is 8.86. The third-order valence-electron chi connectivity index (χ3n) is 7.00. The molecule has 3 heterocycles. The van der Waals surface area contributed by atoms with Crippen LogP contribution in [0, 0.1) is 11.8 Å². The molecule has 0 saturated carbocycles. The Bertz CT molecular complexity index is 703. The van der Waals surface area contributed by atoms with Gasteiger partial charge in [0.25, 0.3) is 0 Å². The van der Waals surface area contributed by atoms with Crippen LogP contribution in [-0.4, -0.2) is 65.7 Å². The fourth-order valence-corrected chi connectivity index (χ4v) is 5.59. The van der Waals surface area contributed by atoms with Gasteiger partial charge in [0.2, 0.25) is 5.91 Å². The van der Waals surface area contributed by atoms with Gasteiger partial charge in [0, 0.05) is 31.7 Å². The Morgan fingerprint density at radius 1 is 1.17 bits per heavy atom. The van der Waals surface area contributed by atoms with Crippen molar-refractivity contribution in [1.29, 1.82) is 0 Å². The topological polar surface area (TPSA) is 79.0 Å². The maximum atomic E-state index is 12.7. The zero-order valence-electron chi connectivity index (χ0n) is 17.8. The number of hydrogen-bond acceptors (Lipinski definition) is 5. The number of halogens is 2. The molecule has 4 rings (SSSR count). The van der Waals surface area contributed by atoms with Crippen LogP contribution >= 0.6 is 24.8 Å². The van der Waals surface area contributed by atoms with Gasteiger partial charge in [0.05, 0.1) is 13.2 Å². The van der Waals surface area contributed by atoms with Crippen LogP contribution in [0.3, 0.4) is 0 Å². The molecule has 1 amide bonds. The van der Waals surface area contributed by atoms with Gasteiger partial charge >= 0.3 is 0 Å². The van der Waals surface area contributed by atoms with Crippen LogP contribution in [0.4, 0.5) is 0 Å². The van der Waals surface area contributed by atoms with Gasteiger partial charge in [-0.15, -0.1) is 24.8 Å². The molecule has 2 bridgehead atoms. The van der Waals surface area contributed by atoms with Crippen LogP contribution in [0.1, 0.15) is 44.2 Å². The molecule has 6 atom stereocenters. The molecule has 0 aromatic heterocycles. The first kappa shape index (κ1) is 25.2. The molecule has 3 aliphatic rings. The van der Waals surface area contributed by atoms with Crippen molar-refractivity contribution in [3.8, 4) is 5.75 Å². The van der Waals surface area contributed by atoms with Crippen molar-refractivity contribution < 1.29 is 14.6 Å². The molecule has 0 unspecified atom stereocenters. The van der Waals surface area contributed by atoms with Crippen LogP contribution in [-0.2, 0) is 4.79 Å². The number of hydrogen-bond donors (Lipinski definition) is 2. The van der Waals surface area contributed by atoms with Crippen LogP contribution in [0.5, 0.6) is 5.75 Å². The number of amides is 1. The molecular formula is C22H35Cl2N3O3. The smallest absolute Gasteiger partial charge is 0.242 e. The van der Waals surface area contributed by atoms with E-state index in [-0.39, 0.29) is 30.7 Å². The third-order valence-corrected chi connectivity index (χ3v) is 7.00. The molecule has 170 valence electrons. The SMILES string of the molecule is COc1ccc([C@H]2CCC[C@H]3[C@@H]4C[C@@H](CN(C(=O)[C@H](N)[C@H](C)O)C4)CN23)cc1.Cl.Cl. The Balaban J connectivity index is 0.00000160. The molecule has 3 aliphatic heterocycles. The average Bonchev–Trinajstić information content (AvgIpc) is 2.72. The summed E-state index contributed by atoms with van der Waals surface area (Å²) in [7, 11) is 1.70. The van der Waals surface area contributed by atoms with E-state index in [0.717, 1.165) is 25.4 Å². The van der Waals surface area contributed by atoms with E-state index < -0.39 is 12.1 Å². The predicted octanol–water partition coefficient (Wildman–Crippen LogP) is 2.62. The van der Waals surface area contributed by atoms with Crippen molar-refractivity contribution in [1.82, 2.24) is 9.80 Å². The lowest BCUT2D eigenvalue weighted by Gasteiger charge is -2.55. The lowest BCUT2D eigenvalue weighted by molar-refractivity contribution is -0.142. The second kappa shape index (κ2) is 10.5. The maximum absolute atomic E-state index is 12.7. The summed E-state index contributed by atoms with van der Waals surface area (Å²) in [6.07, 6.45) is 4.01. The van der Waals surface area contributed by atoms with Crippen molar-refractivity contribution in [3.05, 3.63) is 29.8 Å². The standard InChI is InChI=1S/C22H33N3O3.2ClH/c1-14(26)21(23)22(27)24-11-15-10-17(13-24)20-5-3-4-19(25(20)12-15)16-6-8-18(28-2)9-7-16;;/h6-9,14-15,17,19-21,26H,3-5,10-13,23H2,1-2H3;2*1H/t14-,15-,17+,19+,20-,21+;;/m0../s1. The summed E-state index contributed by atoms with van der Waals surface area (Å²) in [6, 6.07) is 8.69. The lowest BCUT2D eigenvalue weighted by atomic mass is 9.73. The van der Waals surface area contributed by atoms with Gasteiger partial charge in [-0.25, -0.2) is 0 Å². The summed E-state index contributed by atoms with van der Waals surface area (Å²) in [4.78, 5) is 17.3. The summed E-state index contributed by atoms with van der Waals surface area (Å²) in [6.45, 7) is 4.15. The second-order valence-corrected chi connectivity index (χ2v) is 8.86. The minimum Gasteiger partial charge on any atom is -0.497 e. The molecular weight excluding hydrogens is 425 g/mol. The Kier molecular flexibility index (Phi) is 8.83. The molecule has 1 aromatic rings. The molecule has 0 aliphatic carbocycles. The van der Waals surface area contributed by atoms with E-state index in [0.29, 0.717) is 23.9 Å². The highest BCUT2D eigenvalue weighted by molar-refractivity contribution is 5.85. The molecule has 1 aromatic carbocycles. The Morgan fingerprint density at radius 3 is 2.50 bits per heavy atom. The van der Waals surface area contributed by atoms with Crippen molar-refractivity contribution in [2.24, 2.45) is 17.6 Å². The number of fused-ring (bicyclic) bond motifs is 4. The number of benzene rings is 1. The first-order valence-electron chi connectivity index (χ1n) is 10.6. The minimum absolute atomic E-state index is 0. The molecule has 0 spiro atoms. The predicted molar refractivity (Wildman–Crippen MR) is 122 cm³/mol. The number of aliphatic hydroxyl groups is 1. The third kappa shape index (κ3) is 4.89. The fourth-order valence-electron chi connectivity index (χ4n) is 5.59. The summed E-state index contributed by atoms with van der Waals surface area (Å²) < 4.78 is 5.31. The summed E-state index contributed by atoms with van der Waals surface area (Å²) in [5, 5.41) is 9.72. The quantitative estimate of drug-likeness (QED) is 0.723. The van der Waals surface area contributed by atoms with Crippen LogP contribution < -0.4 is 10.5 Å². The van der Waals surface area contributed by atoms with Crippen molar-refractivity contribution in [2.75, 3.05) is 26.7 Å². The first-order chi connectivity index (χ1) is 13.5. The van der Waals surface area contributed by atoms with E-state index in [1.165, 1.54) is 31.2 Å². The van der Waals surface area contributed by atoms with Crippen LogP contribution in [0.15, 0.2) is 24.3 Å². The monoisotopic (exact) mass is 459 g/mol. The minimum atomic E-state index is -0.812. The maximum Gasteiger partial charge on any atom is 0.242 e. The number of piperidine rings is 3. The fraction of sp³-hybridized carbons (Fsp3) is 0.682. The average molecular weight is 460 g/mol. The molecule has 6 nitrogen and oxygen atoms in total. The van der Waals surface area contributed by atoms with E-state index in [1.807, 2.05) is 4.90 Å². The Morgan fingerprint density at radius 2 is 1.87 bits per heavy atom. The molecule has 30 heavy (non-hydrogen) atoms. The molecule has 0 radical (unpaired) electrons. The van der Waals surface area contributed by atoms with Gasteiger partial charge in [-0.1, -0.05) is 12.1 Å². The van der Waals surface area contributed by atoms with Crippen molar-refractivity contribution in [3.63, 3.8) is 0 Å². The number of methoxy groups -OCH3 is 1. The first-order valence-corrected chi connectivity index (χ1v) is 10.6. The molecule has 3 fully saturated rings. The van der Waals surface area contributed by atoms with E-state index in [1.54, 1.807) is 14.0 Å². The summed E-state index contributed by atoms with van der Waals surface area (Å²) >= 11 is 0. The number of nitrogens with zero attached hydrogens (tertiary/aromatic N) is 2. The Labute approximate surface area is 191 Å². The van der Waals surface area contributed by atoms with Crippen molar-refractivity contribution >= 4 is 30.7 Å². The van der Waals surface area contributed by atoms with E-state index in [9.17, 15) is 9.90 Å². The molecule has 3 N–H and O–H groups in total. The highest BCUT2D eigenvalue weighted by Crippen LogP contribution is 2.44. The zero-order chi connectivity index (χ0) is 19.8. The number of rotatable bonds is 4. The number of likely N-dealkylation sites (tertiary alicyclic amines) is 1. The number of ether oxygens (including phenoxy) is 1. The lowest BCUT2D eigenvalue weighted by Crippen LogP contribution is -2.62. The van der Waals surface area contributed by atoms with Gasteiger partial charge < -0.3 is 20.5 Å². The van der Waals surface area contributed by atoms with Gasteiger partial charge in [0.1, 0.15) is 11.8 Å². The van der Waals surface area contributed by atoms with Gasteiger partial charge in [-0.05, 0) is 62.1 Å². The van der Waals surface area contributed by atoms with Gasteiger partial charge in [-0.3, -0.25) is 9.69 Å².